The Morgan fingerprint density at radius 2 is 1.88 bits per heavy atom. The Morgan fingerprint density at radius 3 is 2.65 bits per heavy atom. The van der Waals surface area contributed by atoms with Crippen molar-refractivity contribution in [3.8, 4) is 16.2 Å². The molecule has 128 valence electrons. The molecule has 0 aliphatic carbocycles. The van der Waals surface area contributed by atoms with Gasteiger partial charge >= 0.3 is 0 Å². The van der Waals surface area contributed by atoms with Crippen LogP contribution in [0.5, 0.6) is 5.75 Å². The number of nitrogens with zero attached hydrogens (tertiary/aromatic N) is 3. The van der Waals surface area contributed by atoms with Crippen LogP contribution >= 0.6 is 11.3 Å². The molecule has 0 saturated carbocycles. The summed E-state index contributed by atoms with van der Waals surface area (Å²) in [5.41, 5.74) is 1.16. The summed E-state index contributed by atoms with van der Waals surface area (Å²) < 4.78 is 0. The van der Waals surface area contributed by atoms with Crippen molar-refractivity contribution >= 4 is 38.7 Å². The topological polar surface area (TPSA) is 101 Å². The first kappa shape index (κ1) is 16.0. The highest BCUT2D eigenvalue weighted by molar-refractivity contribution is 7.21. The summed E-state index contributed by atoms with van der Waals surface area (Å²) in [4.78, 5) is 20.8. The lowest BCUT2D eigenvalue weighted by atomic mass is 10.2. The summed E-state index contributed by atoms with van der Waals surface area (Å²) in [7, 11) is 0. The fraction of sp³-hybridized carbons (Fsp3) is 0. The van der Waals surface area contributed by atoms with Crippen LogP contribution in [0.15, 0.2) is 60.9 Å². The molecule has 0 fully saturated rings. The molecule has 0 aliphatic heterocycles. The predicted molar refractivity (Wildman–Crippen MR) is 101 cm³/mol. The smallest absolute Gasteiger partial charge is 0.271 e. The average molecular weight is 364 g/mol. The molecule has 0 bridgehead atoms. The lowest BCUT2D eigenvalue weighted by Crippen LogP contribution is -1.96. The van der Waals surface area contributed by atoms with Crippen LogP contribution in [0.4, 0.5) is 17.2 Å². The summed E-state index contributed by atoms with van der Waals surface area (Å²) in [5.74, 6) is 0.380. The van der Waals surface area contributed by atoms with Crippen molar-refractivity contribution in [1.29, 1.82) is 0 Å². The van der Waals surface area contributed by atoms with E-state index in [1.807, 2.05) is 36.4 Å². The number of hydrogen-bond acceptors (Lipinski definition) is 7. The number of aromatic nitrogens is 2. The number of phenols is 1. The Hall–Kier alpha value is -3.52. The fourth-order valence-electron chi connectivity index (χ4n) is 2.57. The molecular weight excluding hydrogens is 352 g/mol. The molecule has 0 atom stereocenters. The van der Waals surface area contributed by atoms with E-state index in [9.17, 15) is 15.2 Å². The van der Waals surface area contributed by atoms with Crippen molar-refractivity contribution in [2.24, 2.45) is 0 Å². The van der Waals surface area contributed by atoms with Crippen molar-refractivity contribution < 1.29 is 10.0 Å². The van der Waals surface area contributed by atoms with E-state index in [0.717, 1.165) is 20.7 Å². The van der Waals surface area contributed by atoms with Crippen LogP contribution in [-0.2, 0) is 0 Å². The van der Waals surface area contributed by atoms with Crippen molar-refractivity contribution in [3.05, 3.63) is 71.0 Å². The van der Waals surface area contributed by atoms with Crippen LogP contribution < -0.4 is 5.32 Å². The monoisotopic (exact) mass is 364 g/mol. The first-order valence-corrected chi connectivity index (χ1v) is 8.48. The van der Waals surface area contributed by atoms with E-state index in [1.54, 1.807) is 0 Å². The number of phenolic OH excluding ortho intramolecular Hbond substituents is 1. The van der Waals surface area contributed by atoms with Crippen molar-refractivity contribution in [1.82, 2.24) is 9.97 Å². The maximum atomic E-state index is 11.0. The number of nitro benzene ring substituents is 1. The van der Waals surface area contributed by atoms with E-state index < -0.39 is 4.92 Å². The molecule has 0 saturated heterocycles. The van der Waals surface area contributed by atoms with Gasteiger partial charge in [-0.15, -0.1) is 11.3 Å². The van der Waals surface area contributed by atoms with Gasteiger partial charge in [-0.1, -0.05) is 30.3 Å². The highest BCUT2D eigenvalue weighted by Gasteiger charge is 2.14. The molecule has 7 nitrogen and oxygen atoms in total. The van der Waals surface area contributed by atoms with Gasteiger partial charge in [-0.3, -0.25) is 10.1 Å². The Bertz CT molecular complexity index is 1110. The minimum atomic E-state index is -0.516. The zero-order valence-corrected chi connectivity index (χ0v) is 14.1. The molecule has 0 amide bonds. The molecule has 4 rings (SSSR count). The summed E-state index contributed by atoms with van der Waals surface area (Å²) in [6.45, 7) is 0. The summed E-state index contributed by atoms with van der Waals surface area (Å²) >= 11 is 1.53. The highest BCUT2D eigenvalue weighted by Crippen LogP contribution is 2.37. The van der Waals surface area contributed by atoms with Gasteiger partial charge in [0.05, 0.1) is 16.0 Å². The van der Waals surface area contributed by atoms with Gasteiger partial charge in [0.1, 0.15) is 22.7 Å². The number of nitrogens with one attached hydrogen (secondary N) is 1. The quantitative estimate of drug-likeness (QED) is 0.309. The Kier molecular flexibility index (Phi) is 3.94. The summed E-state index contributed by atoms with van der Waals surface area (Å²) in [6.07, 6.45) is 1.42. The van der Waals surface area contributed by atoms with Gasteiger partial charge < -0.3 is 10.4 Å². The van der Waals surface area contributed by atoms with Gasteiger partial charge in [0.25, 0.3) is 5.69 Å². The van der Waals surface area contributed by atoms with Crippen LogP contribution in [0.2, 0.25) is 0 Å². The molecule has 0 radical (unpaired) electrons. The Balaban J connectivity index is 1.77. The molecule has 0 aliphatic rings. The number of rotatable bonds is 4. The normalized spacial score (nSPS) is 10.8. The second-order valence-electron chi connectivity index (χ2n) is 5.50. The second-order valence-corrected chi connectivity index (χ2v) is 6.53. The van der Waals surface area contributed by atoms with Gasteiger partial charge in [-0.2, -0.15) is 0 Å². The fourth-order valence-corrected chi connectivity index (χ4v) is 3.57. The van der Waals surface area contributed by atoms with E-state index in [1.165, 1.54) is 35.9 Å². The number of aromatic hydroxyl groups is 1. The van der Waals surface area contributed by atoms with Crippen LogP contribution in [0.1, 0.15) is 0 Å². The largest absolute Gasteiger partial charge is 0.506 e. The first-order chi connectivity index (χ1) is 12.6. The maximum Gasteiger partial charge on any atom is 0.271 e. The molecule has 2 N–H and O–H groups in total. The standard InChI is InChI=1S/C18H12N4O3S/c23-15-7-6-12(22(24)25)8-14(15)21-17-13-9-16(11-4-2-1-3-5-11)26-18(13)20-10-19-17/h1-10,23H,(H,19,20,21). The molecule has 2 aromatic heterocycles. The first-order valence-electron chi connectivity index (χ1n) is 7.66. The number of anilines is 2. The third-order valence-corrected chi connectivity index (χ3v) is 4.92. The predicted octanol–water partition coefficient (Wildman–Crippen LogP) is 4.72. The van der Waals surface area contributed by atoms with Crippen LogP contribution in [0, 0.1) is 10.1 Å². The third kappa shape index (κ3) is 2.93. The zero-order valence-electron chi connectivity index (χ0n) is 13.3. The number of hydrogen-bond donors (Lipinski definition) is 2. The molecule has 0 unspecified atom stereocenters. The number of thiophene rings is 1. The maximum absolute atomic E-state index is 11.0. The van der Waals surface area contributed by atoms with E-state index in [4.69, 9.17) is 0 Å². The van der Waals surface area contributed by atoms with E-state index in [0.29, 0.717) is 5.82 Å². The van der Waals surface area contributed by atoms with Crippen LogP contribution in [0.25, 0.3) is 20.7 Å². The van der Waals surface area contributed by atoms with Crippen molar-refractivity contribution in [2.75, 3.05) is 5.32 Å². The van der Waals surface area contributed by atoms with E-state index in [-0.39, 0.29) is 17.1 Å². The third-order valence-electron chi connectivity index (χ3n) is 3.83. The van der Waals surface area contributed by atoms with Gasteiger partial charge in [-0.25, -0.2) is 9.97 Å². The summed E-state index contributed by atoms with van der Waals surface area (Å²) in [5, 5.41) is 24.7. The minimum absolute atomic E-state index is 0.0964. The number of nitro groups is 1. The van der Waals surface area contributed by atoms with Crippen LogP contribution in [-0.4, -0.2) is 20.0 Å². The van der Waals surface area contributed by atoms with Crippen molar-refractivity contribution in [3.63, 3.8) is 0 Å². The Labute approximate surface area is 151 Å². The molecule has 0 spiro atoms. The van der Waals surface area contributed by atoms with Gasteiger partial charge in [-0.05, 0) is 17.7 Å². The van der Waals surface area contributed by atoms with Gasteiger partial charge in [0.15, 0.2) is 0 Å². The Morgan fingerprint density at radius 1 is 1.08 bits per heavy atom. The number of benzene rings is 2. The lowest BCUT2D eigenvalue weighted by Gasteiger charge is -2.08. The van der Waals surface area contributed by atoms with E-state index >= 15 is 0 Å². The van der Waals surface area contributed by atoms with Crippen molar-refractivity contribution in [2.45, 2.75) is 0 Å². The van der Waals surface area contributed by atoms with Gasteiger partial charge in [0, 0.05) is 17.0 Å². The highest BCUT2D eigenvalue weighted by atomic mass is 32.1. The molecule has 2 aromatic carbocycles. The lowest BCUT2D eigenvalue weighted by molar-refractivity contribution is -0.384. The average Bonchev–Trinajstić information content (AvgIpc) is 3.09. The zero-order chi connectivity index (χ0) is 18.1. The SMILES string of the molecule is O=[N+]([O-])c1ccc(O)c(Nc2ncnc3sc(-c4ccccc4)cc23)c1. The molecular formula is C18H12N4O3S. The number of fused-ring (bicyclic) bond motifs is 1. The number of non-ortho nitro benzene ring substituents is 1. The second kappa shape index (κ2) is 6.41. The van der Waals surface area contributed by atoms with Gasteiger partial charge in [0.2, 0.25) is 0 Å². The summed E-state index contributed by atoms with van der Waals surface area (Å²) in [6, 6.07) is 15.7. The molecule has 26 heavy (non-hydrogen) atoms. The molecule has 2 heterocycles. The molecule has 4 aromatic rings. The van der Waals surface area contributed by atoms with E-state index in [2.05, 4.69) is 15.3 Å². The molecule has 8 heteroatoms. The van der Waals surface area contributed by atoms with Crippen LogP contribution in [0.3, 0.4) is 0 Å². The minimum Gasteiger partial charge on any atom is -0.506 e.